The normalized spacial score (nSPS) is 23.4. The Hall–Kier alpha value is -0.550. The second-order valence-electron chi connectivity index (χ2n) is 4.09. The molecule has 0 aliphatic heterocycles. The molecule has 0 aromatic carbocycles. The van der Waals surface area contributed by atoms with Crippen molar-refractivity contribution < 1.29 is 5.11 Å². The van der Waals surface area contributed by atoms with Crippen LogP contribution in [-0.2, 0) is 0 Å². The minimum absolute atomic E-state index is 0.0951. The lowest BCUT2D eigenvalue weighted by Crippen LogP contribution is -2.19. The number of hydrogen-bond acceptors (Lipinski definition) is 2. The third kappa shape index (κ3) is 1.98. The molecule has 0 radical (unpaired) electrons. The molecule has 1 rings (SSSR count). The highest BCUT2D eigenvalue weighted by Crippen LogP contribution is 2.42. The molecule has 1 fully saturated rings. The molecule has 0 bridgehead atoms. The van der Waals surface area contributed by atoms with Gasteiger partial charge in [0.05, 0.1) is 11.5 Å². The van der Waals surface area contributed by atoms with Gasteiger partial charge in [0.2, 0.25) is 0 Å². The van der Waals surface area contributed by atoms with Gasteiger partial charge in [-0.3, -0.25) is 0 Å². The van der Waals surface area contributed by atoms with Crippen LogP contribution in [0.1, 0.15) is 39.0 Å². The molecule has 1 aliphatic carbocycles. The van der Waals surface area contributed by atoms with Crippen molar-refractivity contribution in [1.29, 1.82) is 5.26 Å². The molecule has 0 heterocycles. The highest BCUT2D eigenvalue weighted by molar-refractivity contribution is 5.02. The maximum atomic E-state index is 9.03. The lowest BCUT2D eigenvalue weighted by Gasteiger charge is -2.22. The summed E-state index contributed by atoms with van der Waals surface area (Å²) in [5.41, 5.74) is -0.0951. The van der Waals surface area contributed by atoms with E-state index in [0.717, 1.165) is 19.3 Å². The van der Waals surface area contributed by atoms with E-state index in [1.807, 2.05) is 6.92 Å². The van der Waals surface area contributed by atoms with Crippen LogP contribution in [0.15, 0.2) is 0 Å². The Morgan fingerprint density at radius 3 is 2.50 bits per heavy atom. The summed E-state index contributed by atoms with van der Waals surface area (Å²) < 4.78 is 0. The maximum absolute atomic E-state index is 9.03. The monoisotopic (exact) mass is 167 g/mol. The van der Waals surface area contributed by atoms with Crippen LogP contribution in [0.3, 0.4) is 0 Å². The topological polar surface area (TPSA) is 44.0 Å². The van der Waals surface area contributed by atoms with Crippen LogP contribution in [-0.4, -0.2) is 11.7 Å². The first-order valence-electron chi connectivity index (χ1n) is 4.74. The maximum Gasteiger partial charge on any atom is 0.0689 e. The van der Waals surface area contributed by atoms with Gasteiger partial charge < -0.3 is 5.11 Å². The summed E-state index contributed by atoms with van der Waals surface area (Å²) in [7, 11) is 0. The Bertz CT molecular complexity index is 177. The van der Waals surface area contributed by atoms with Gasteiger partial charge in [-0.1, -0.05) is 19.8 Å². The standard InChI is InChI=1S/C10H17NO/c1-9(7-12)6-10(8-11)4-2-3-5-10/h9,12H,2-7H2,1H3. The highest BCUT2D eigenvalue weighted by Gasteiger charge is 2.34. The quantitative estimate of drug-likeness (QED) is 0.699. The molecule has 1 aliphatic rings. The van der Waals surface area contributed by atoms with Crippen LogP contribution in [0.2, 0.25) is 0 Å². The predicted octanol–water partition coefficient (Wildman–Crippen LogP) is 2.09. The Morgan fingerprint density at radius 2 is 2.08 bits per heavy atom. The number of aliphatic hydroxyl groups excluding tert-OH is 1. The predicted molar refractivity (Wildman–Crippen MR) is 47.4 cm³/mol. The Labute approximate surface area is 74.2 Å². The fourth-order valence-corrected chi connectivity index (χ4v) is 2.14. The summed E-state index contributed by atoms with van der Waals surface area (Å²) in [5, 5.41) is 17.9. The Kier molecular flexibility index (Phi) is 3.11. The molecule has 0 aromatic rings. The molecule has 0 amide bonds. The van der Waals surface area contributed by atoms with Gasteiger partial charge in [-0.2, -0.15) is 5.26 Å². The van der Waals surface area contributed by atoms with Crippen molar-refractivity contribution in [3.63, 3.8) is 0 Å². The third-order valence-corrected chi connectivity index (χ3v) is 2.85. The number of nitriles is 1. The van der Waals surface area contributed by atoms with Crippen LogP contribution in [0.5, 0.6) is 0 Å². The zero-order chi connectivity index (χ0) is 9.03. The van der Waals surface area contributed by atoms with E-state index < -0.39 is 0 Å². The van der Waals surface area contributed by atoms with Crippen molar-refractivity contribution in [3.05, 3.63) is 0 Å². The molecule has 1 atom stereocenters. The highest BCUT2D eigenvalue weighted by atomic mass is 16.3. The van der Waals surface area contributed by atoms with Crippen molar-refractivity contribution in [2.24, 2.45) is 11.3 Å². The number of rotatable bonds is 3. The molecular weight excluding hydrogens is 150 g/mol. The van der Waals surface area contributed by atoms with E-state index in [2.05, 4.69) is 6.07 Å². The number of nitrogens with zero attached hydrogens (tertiary/aromatic N) is 1. The summed E-state index contributed by atoms with van der Waals surface area (Å²) in [5.74, 6) is 0.280. The van der Waals surface area contributed by atoms with Crippen molar-refractivity contribution in [2.75, 3.05) is 6.61 Å². The van der Waals surface area contributed by atoms with Crippen LogP contribution >= 0.6 is 0 Å². The fraction of sp³-hybridized carbons (Fsp3) is 0.900. The van der Waals surface area contributed by atoms with E-state index >= 15 is 0 Å². The Balaban J connectivity index is 2.51. The van der Waals surface area contributed by atoms with Crippen LogP contribution in [0.4, 0.5) is 0 Å². The molecule has 2 nitrogen and oxygen atoms in total. The van der Waals surface area contributed by atoms with Gasteiger partial charge in [-0.25, -0.2) is 0 Å². The summed E-state index contributed by atoms with van der Waals surface area (Å²) in [6.07, 6.45) is 5.32. The van der Waals surface area contributed by atoms with E-state index in [9.17, 15) is 0 Å². The lowest BCUT2D eigenvalue weighted by molar-refractivity contribution is 0.192. The van der Waals surface area contributed by atoms with Gasteiger partial charge in [0, 0.05) is 6.61 Å². The minimum atomic E-state index is -0.0951. The minimum Gasteiger partial charge on any atom is -0.396 e. The summed E-state index contributed by atoms with van der Waals surface area (Å²) in [6.45, 7) is 2.22. The van der Waals surface area contributed by atoms with Crippen molar-refractivity contribution in [1.82, 2.24) is 0 Å². The third-order valence-electron chi connectivity index (χ3n) is 2.85. The molecule has 1 unspecified atom stereocenters. The molecular formula is C10H17NO. The summed E-state index contributed by atoms with van der Waals surface area (Å²) >= 11 is 0. The molecule has 0 saturated heterocycles. The first-order valence-corrected chi connectivity index (χ1v) is 4.74. The van der Waals surface area contributed by atoms with Crippen LogP contribution in [0, 0.1) is 22.7 Å². The molecule has 0 spiro atoms. The molecule has 1 saturated carbocycles. The van der Waals surface area contributed by atoms with Crippen molar-refractivity contribution >= 4 is 0 Å². The summed E-state index contributed by atoms with van der Waals surface area (Å²) in [6, 6.07) is 2.43. The lowest BCUT2D eigenvalue weighted by atomic mass is 9.80. The van der Waals surface area contributed by atoms with E-state index in [1.54, 1.807) is 0 Å². The first kappa shape index (κ1) is 9.54. The van der Waals surface area contributed by atoms with Gasteiger partial charge in [0.1, 0.15) is 0 Å². The molecule has 68 valence electrons. The fourth-order valence-electron chi connectivity index (χ4n) is 2.14. The molecule has 0 aromatic heterocycles. The van der Waals surface area contributed by atoms with Gasteiger partial charge in [-0.15, -0.1) is 0 Å². The average molecular weight is 167 g/mol. The van der Waals surface area contributed by atoms with Gasteiger partial charge in [0.25, 0.3) is 0 Å². The zero-order valence-corrected chi connectivity index (χ0v) is 7.71. The second kappa shape index (κ2) is 3.91. The number of aliphatic hydroxyl groups is 1. The Morgan fingerprint density at radius 1 is 1.50 bits per heavy atom. The number of hydrogen-bond donors (Lipinski definition) is 1. The SMILES string of the molecule is CC(CO)CC1(C#N)CCCC1. The van der Waals surface area contributed by atoms with Gasteiger partial charge in [0.15, 0.2) is 0 Å². The zero-order valence-electron chi connectivity index (χ0n) is 7.71. The molecule has 12 heavy (non-hydrogen) atoms. The van der Waals surface area contributed by atoms with Gasteiger partial charge in [-0.05, 0) is 25.2 Å². The first-order chi connectivity index (χ1) is 5.72. The summed E-state index contributed by atoms with van der Waals surface area (Å²) in [4.78, 5) is 0. The molecule has 2 heteroatoms. The van der Waals surface area contributed by atoms with Crippen LogP contribution in [0.25, 0.3) is 0 Å². The van der Waals surface area contributed by atoms with E-state index in [4.69, 9.17) is 10.4 Å². The van der Waals surface area contributed by atoms with E-state index in [1.165, 1.54) is 12.8 Å². The average Bonchev–Trinajstić information content (AvgIpc) is 2.54. The van der Waals surface area contributed by atoms with Gasteiger partial charge >= 0.3 is 0 Å². The largest absolute Gasteiger partial charge is 0.396 e. The van der Waals surface area contributed by atoms with E-state index in [0.29, 0.717) is 0 Å². The second-order valence-corrected chi connectivity index (χ2v) is 4.09. The van der Waals surface area contributed by atoms with Crippen LogP contribution < -0.4 is 0 Å². The smallest absolute Gasteiger partial charge is 0.0689 e. The van der Waals surface area contributed by atoms with Crippen molar-refractivity contribution in [2.45, 2.75) is 39.0 Å². The molecule has 1 N–H and O–H groups in total. The van der Waals surface area contributed by atoms with Crippen molar-refractivity contribution in [3.8, 4) is 6.07 Å². The van der Waals surface area contributed by atoms with E-state index in [-0.39, 0.29) is 17.9 Å².